The predicted octanol–water partition coefficient (Wildman–Crippen LogP) is 1.73. The average Bonchev–Trinajstić information content (AvgIpc) is 2.83. The van der Waals surface area contributed by atoms with Gasteiger partial charge in [0, 0.05) is 12.7 Å². The van der Waals surface area contributed by atoms with Crippen LogP contribution in [0.2, 0.25) is 0 Å². The topological polar surface area (TPSA) is 72.7 Å². The number of carbonyl (C=O) groups is 1. The van der Waals surface area contributed by atoms with Gasteiger partial charge < -0.3 is 5.32 Å². The Balaban J connectivity index is 1.71. The van der Waals surface area contributed by atoms with E-state index in [2.05, 4.69) is 20.6 Å². The largest absolute Gasteiger partial charge is 0.319 e. The van der Waals surface area contributed by atoms with Crippen LogP contribution < -0.4 is 5.32 Å². The van der Waals surface area contributed by atoms with E-state index < -0.39 is 0 Å². The summed E-state index contributed by atoms with van der Waals surface area (Å²) in [5.74, 6) is 0.499. The molecule has 1 aliphatic rings. The number of anilines is 1. The summed E-state index contributed by atoms with van der Waals surface area (Å²) < 4.78 is 1.79. The highest BCUT2D eigenvalue weighted by atomic mass is 16.2. The molecule has 1 fully saturated rings. The number of aromatic nitrogens is 4. The van der Waals surface area contributed by atoms with E-state index in [1.54, 1.807) is 29.2 Å². The van der Waals surface area contributed by atoms with Crippen molar-refractivity contribution in [1.82, 2.24) is 20.0 Å². The summed E-state index contributed by atoms with van der Waals surface area (Å²) in [6, 6.07) is 3.44. The number of nitrogens with one attached hydrogen (secondary N) is 1. The van der Waals surface area contributed by atoms with Gasteiger partial charge in [-0.2, -0.15) is 15.3 Å². The first-order valence-corrected chi connectivity index (χ1v) is 6.43. The third kappa shape index (κ3) is 2.62. The Morgan fingerprint density at radius 2 is 2.21 bits per heavy atom. The third-order valence-electron chi connectivity index (χ3n) is 3.45. The Hall–Kier alpha value is -2.24. The third-order valence-corrected chi connectivity index (χ3v) is 3.45. The quantitative estimate of drug-likeness (QED) is 0.905. The van der Waals surface area contributed by atoms with Gasteiger partial charge in [-0.15, -0.1) is 0 Å². The minimum Gasteiger partial charge on any atom is -0.319 e. The number of rotatable bonds is 4. The molecule has 2 heterocycles. The van der Waals surface area contributed by atoms with Crippen LogP contribution in [0.3, 0.4) is 0 Å². The van der Waals surface area contributed by atoms with Gasteiger partial charge in [0.2, 0.25) is 0 Å². The molecule has 98 valence electrons. The van der Waals surface area contributed by atoms with Crippen LogP contribution in [-0.2, 0) is 6.54 Å². The minimum absolute atomic E-state index is 0.162. The highest BCUT2D eigenvalue weighted by molar-refractivity contribution is 6.02. The van der Waals surface area contributed by atoms with Crippen molar-refractivity contribution < 1.29 is 4.79 Å². The standard InChI is InChI=1S/C13H15N5O/c19-13(17-11-4-6-14-15-8-11)12-5-7-16-18(12)9-10-2-1-3-10/h4-8,10H,1-3,9H2,(H,14,17,19). The molecule has 19 heavy (non-hydrogen) atoms. The second-order valence-electron chi connectivity index (χ2n) is 4.78. The van der Waals surface area contributed by atoms with Crippen LogP contribution in [0.1, 0.15) is 29.8 Å². The fourth-order valence-corrected chi connectivity index (χ4v) is 2.15. The van der Waals surface area contributed by atoms with E-state index >= 15 is 0 Å². The molecule has 6 heteroatoms. The lowest BCUT2D eigenvalue weighted by Crippen LogP contribution is -2.23. The Morgan fingerprint density at radius 3 is 2.89 bits per heavy atom. The van der Waals surface area contributed by atoms with Crippen LogP contribution in [0.4, 0.5) is 5.69 Å². The predicted molar refractivity (Wildman–Crippen MR) is 69.6 cm³/mol. The summed E-state index contributed by atoms with van der Waals surface area (Å²) in [5, 5.41) is 14.4. The van der Waals surface area contributed by atoms with Crippen molar-refractivity contribution >= 4 is 11.6 Å². The fourth-order valence-electron chi connectivity index (χ4n) is 2.15. The summed E-state index contributed by atoms with van der Waals surface area (Å²) in [6.45, 7) is 0.824. The van der Waals surface area contributed by atoms with Gasteiger partial charge in [0.25, 0.3) is 5.91 Å². The normalized spacial score (nSPS) is 14.9. The first-order chi connectivity index (χ1) is 9.33. The van der Waals surface area contributed by atoms with Crippen LogP contribution in [0.5, 0.6) is 0 Å². The molecule has 2 aromatic heterocycles. The molecule has 6 nitrogen and oxygen atoms in total. The molecule has 0 radical (unpaired) electrons. The second-order valence-corrected chi connectivity index (χ2v) is 4.78. The van der Waals surface area contributed by atoms with E-state index in [0.29, 0.717) is 17.3 Å². The molecular weight excluding hydrogens is 242 g/mol. The molecule has 3 rings (SSSR count). The van der Waals surface area contributed by atoms with Crippen LogP contribution in [0, 0.1) is 5.92 Å². The Kier molecular flexibility index (Phi) is 3.22. The second kappa shape index (κ2) is 5.17. The van der Waals surface area contributed by atoms with Gasteiger partial charge in [-0.25, -0.2) is 0 Å². The number of carbonyl (C=O) groups excluding carboxylic acids is 1. The molecule has 0 atom stereocenters. The lowest BCUT2D eigenvalue weighted by atomic mass is 9.85. The van der Waals surface area contributed by atoms with Crippen molar-refractivity contribution in [3.8, 4) is 0 Å². The van der Waals surface area contributed by atoms with E-state index in [9.17, 15) is 4.79 Å². The van der Waals surface area contributed by atoms with Crippen LogP contribution in [0.25, 0.3) is 0 Å². The molecule has 1 saturated carbocycles. The molecule has 1 amide bonds. The Morgan fingerprint density at radius 1 is 1.32 bits per heavy atom. The SMILES string of the molecule is O=C(Nc1ccnnc1)c1ccnn1CC1CCC1. The van der Waals surface area contributed by atoms with Gasteiger partial charge in [-0.05, 0) is 30.9 Å². The van der Waals surface area contributed by atoms with Crippen LogP contribution in [-0.4, -0.2) is 25.9 Å². The number of hydrogen-bond donors (Lipinski definition) is 1. The lowest BCUT2D eigenvalue weighted by molar-refractivity contribution is 0.101. The van der Waals surface area contributed by atoms with Gasteiger partial charge in [0.1, 0.15) is 5.69 Å². The van der Waals surface area contributed by atoms with E-state index in [0.717, 1.165) is 6.54 Å². The molecular formula is C13H15N5O. The van der Waals surface area contributed by atoms with Crippen LogP contribution in [0.15, 0.2) is 30.7 Å². The molecule has 0 spiro atoms. The van der Waals surface area contributed by atoms with Crippen molar-refractivity contribution in [3.63, 3.8) is 0 Å². The first kappa shape index (κ1) is 11.8. The van der Waals surface area contributed by atoms with Crippen molar-refractivity contribution in [3.05, 3.63) is 36.4 Å². The van der Waals surface area contributed by atoms with Crippen LogP contribution >= 0.6 is 0 Å². The maximum Gasteiger partial charge on any atom is 0.273 e. The Labute approximate surface area is 110 Å². The summed E-state index contributed by atoms with van der Waals surface area (Å²) in [6.07, 6.45) is 8.48. The van der Waals surface area contributed by atoms with Crippen molar-refractivity contribution in [2.24, 2.45) is 5.92 Å². The average molecular weight is 257 g/mol. The molecule has 2 aromatic rings. The van der Waals surface area contributed by atoms with Gasteiger partial charge in [-0.3, -0.25) is 9.48 Å². The molecule has 0 aromatic carbocycles. The minimum atomic E-state index is -0.162. The van der Waals surface area contributed by atoms with Gasteiger partial charge in [0.15, 0.2) is 0 Å². The highest BCUT2D eigenvalue weighted by Gasteiger charge is 2.21. The van der Waals surface area contributed by atoms with Gasteiger partial charge in [0.05, 0.1) is 18.1 Å². The monoisotopic (exact) mass is 257 g/mol. The zero-order valence-electron chi connectivity index (χ0n) is 10.5. The van der Waals surface area contributed by atoms with Crippen molar-refractivity contribution in [1.29, 1.82) is 0 Å². The molecule has 1 aliphatic carbocycles. The smallest absolute Gasteiger partial charge is 0.273 e. The fraction of sp³-hybridized carbons (Fsp3) is 0.385. The Bertz CT molecular complexity index is 561. The summed E-state index contributed by atoms with van der Waals surface area (Å²) >= 11 is 0. The van der Waals surface area contributed by atoms with E-state index in [4.69, 9.17) is 0 Å². The van der Waals surface area contributed by atoms with Crippen molar-refractivity contribution in [2.45, 2.75) is 25.8 Å². The van der Waals surface area contributed by atoms with Crippen molar-refractivity contribution in [2.75, 3.05) is 5.32 Å². The molecule has 0 bridgehead atoms. The zero-order chi connectivity index (χ0) is 13.1. The number of nitrogens with zero attached hydrogens (tertiary/aromatic N) is 4. The van der Waals surface area contributed by atoms with E-state index in [1.807, 2.05) is 0 Å². The molecule has 0 saturated heterocycles. The van der Waals surface area contributed by atoms with Gasteiger partial charge in [-0.1, -0.05) is 6.42 Å². The molecule has 0 unspecified atom stereocenters. The number of amides is 1. The van der Waals surface area contributed by atoms with E-state index in [1.165, 1.54) is 25.5 Å². The summed E-state index contributed by atoms with van der Waals surface area (Å²) in [5.41, 5.74) is 1.22. The summed E-state index contributed by atoms with van der Waals surface area (Å²) in [4.78, 5) is 12.2. The van der Waals surface area contributed by atoms with E-state index in [-0.39, 0.29) is 5.91 Å². The number of hydrogen-bond acceptors (Lipinski definition) is 4. The maximum absolute atomic E-state index is 12.2. The van der Waals surface area contributed by atoms with Gasteiger partial charge >= 0.3 is 0 Å². The maximum atomic E-state index is 12.2. The lowest BCUT2D eigenvalue weighted by Gasteiger charge is -2.25. The first-order valence-electron chi connectivity index (χ1n) is 6.43. The molecule has 1 N–H and O–H groups in total. The summed E-state index contributed by atoms with van der Waals surface area (Å²) in [7, 11) is 0. The highest BCUT2D eigenvalue weighted by Crippen LogP contribution is 2.28. The molecule has 0 aliphatic heterocycles. The zero-order valence-corrected chi connectivity index (χ0v) is 10.5.